The van der Waals surface area contributed by atoms with Crippen molar-refractivity contribution in [2.24, 2.45) is 0 Å². The SMILES string of the molecule is C=CCn1c(C)c(C)c(S(=O)(=O)c2ccc(C)cc2)c1N. The molecular weight excluding hydrogens is 284 g/mol. The van der Waals surface area contributed by atoms with Gasteiger partial charge in [0.25, 0.3) is 0 Å². The van der Waals surface area contributed by atoms with Gasteiger partial charge < -0.3 is 10.3 Å². The molecule has 2 rings (SSSR count). The predicted molar refractivity (Wildman–Crippen MR) is 85.1 cm³/mol. The summed E-state index contributed by atoms with van der Waals surface area (Å²) in [5.41, 5.74) is 8.63. The molecule has 21 heavy (non-hydrogen) atoms. The van der Waals surface area contributed by atoms with Crippen LogP contribution >= 0.6 is 0 Å². The second-order valence-corrected chi connectivity index (χ2v) is 7.03. The van der Waals surface area contributed by atoms with Crippen LogP contribution in [0.2, 0.25) is 0 Å². The number of rotatable bonds is 4. The van der Waals surface area contributed by atoms with Crippen LogP contribution in [-0.4, -0.2) is 13.0 Å². The van der Waals surface area contributed by atoms with Crippen molar-refractivity contribution in [2.45, 2.75) is 37.1 Å². The third-order valence-electron chi connectivity index (χ3n) is 3.72. The quantitative estimate of drug-likeness (QED) is 0.883. The summed E-state index contributed by atoms with van der Waals surface area (Å²) in [5, 5.41) is 0. The normalized spacial score (nSPS) is 11.6. The van der Waals surface area contributed by atoms with Crippen LogP contribution in [0.4, 0.5) is 5.82 Å². The Balaban J connectivity index is 2.68. The molecule has 0 saturated carbocycles. The highest BCUT2D eigenvalue weighted by Crippen LogP contribution is 2.33. The lowest BCUT2D eigenvalue weighted by Gasteiger charge is -2.07. The minimum atomic E-state index is -3.62. The van der Waals surface area contributed by atoms with E-state index in [2.05, 4.69) is 6.58 Å². The van der Waals surface area contributed by atoms with Gasteiger partial charge in [0.05, 0.1) is 4.90 Å². The molecule has 1 aromatic carbocycles. The molecule has 0 aliphatic heterocycles. The second-order valence-electron chi connectivity index (χ2n) is 5.14. The van der Waals surface area contributed by atoms with Gasteiger partial charge in [-0.05, 0) is 38.5 Å². The van der Waals surface area contributed by atoms with Gasteiger partial charge in [0.15, 0.2) is 0 Å². The summed E-state index contributed by atoms with van der Waals surface area (Å²) in [7, 11) is -3.62. The minimum absolute atomic E-state index is 0.200. The van der Waals surface area contributed by atoms with Crippen molar-refractivity contribution in [1.82, 2.24) is 4.57 Å². The van der Waals surface area contributed by atoms with Crippen molar-refractivity contribution in [2.75, 3.05) is 5.73 Å². The van der Waals surface area contributed by atoms with E-state index >= 15 is 0 Å². The highest BCUT2D eigenvalue weighted by Gasteiger charge is 2.27. The van der Waals surface area contributed by atoms with E-state index in [9.17, 15) is 8.42 Å². The molecule has 0 unspecified atom stereocenters. The molecule has 2 N–H and O–H groups in total. The van der Waals surface area contributed by atoms with Crippen LogP contribution in [0.3, 0.4) is 0 Å². The molecule has 0 spiro atoms. The Bertz CT molecular complexity index is 785. The summed E-state index contributed by atoms with van der Waals surface area (Å²) < 4.78 is 27.4. The Labute approximate surface area is 125 Å². The number of nitrogens with zero attached hydrogens (tertiary/aromatic N) is 1. The maximum absolute atomic E-state index is 12.8. The van der Waals surface area contributed by atoms with E-state index in [4.69, 9.17) is 5.73 Å². The Morgan fingerprint density at radius 1 is 1.19 bits per heavy atom. The zero-order valence-electron chi connectivity index (χ0n) is 12.6. The van der Waals surface area contributed by atoms with E-state index in [1.807, 2.05) is 13.8 Å². The first-order chi connectivity index (χ1) is 9.80. The topological polar surface area (TPSA) is 65.1 Å². The molecule has 5 heteroatoms. The van der Waals surface area contributed by atoms with Crippen LogP contribution in [0.5, 0.6) is 0 Å². The smallest absolute Gasteiger partial charge is 0.210 e. The van der Waals surface area contributed by atoms with Crippen molar-refractivity contribution in [3.05, 3.63) is 53.7 Å². The van der Waals surface area contributed by atoms with E-state index in [0.29, 0.717) is 12.1 Å². The molecule has 0 radical (unpaired) electrons. The summed E-state index contributed by atoms with van der Waals surface area (Å²) >= 11 is 0. The third-order valence-corrected chi connectivity index (χ3v) is 5.67. The second kappa shape index (κ2) is 5.41. The number of anilines is 1. The van der Waals surface area contributed by atoms with Crippen molar-refractivity contribution >= 4 is 15.7 Å². The molecular formula is C16H20N2O2S. The van der Waals surface area contributed by atoms with Crippen LogP contribution in [0, 0.1) is 20.8 Å². The Morgan fingerprint density at radius 3 is 2.29 bits per heavy atom. The van der Waals surface area contributed by atoms with Crippen molar-refractivity contribution in [3.8, 4) is 0 Å². The first-order valence-electron chi connectivity index (χ1n) is 6.68. The first kappa shape index (κ1) is 15.4. The van der Waals surface area contributed by atoms with Gasteiger partial charge in [-0.2, -0.15) is 0 Å². The molecule has 112 valence electrons. The monoisotopic (exact) mass is 304 g/mol. The molecule has 1 aromatic heterocycles. The van der Waals surface area contributed by atoms with Gasteiger partial charge in [-0.1, -0.05) is 23.8 Å². The highest BCUT2D eigenvalue weighted by molar-refractivity contribution is 7.91. The van der Waals surface area contributed by atoms with Crippen LogP contribution in [0.1, 0.15) is 16.8 Å². The van der Waals surface area contributed by atoms with E-state index < -0.39 is 9.84 Å². The van der Waals surface area contributed by atoms with Gasteiger partial charge in [0, 0.05) is 12.2 Å². The Kier molecular flexibility index (Phi) is 3.96. The van der Waals surface area contributed by atoms with Crippen LogP contribution in [0.15, 0.2) is 46.7 Å². The number of aryl methyl sites for hydroxylation is 1. The number of nitrogen functional groups attached to an aromatic ring is 1. The van der Waals surface area contributed by atoms with Crippen LogP contribution in [0.25, 0.3) is 0 Å². The predicted octanol–water partition coefficient (Wildman–Crippen LogP) is 3.01. The lowest BCUT2D eigenvalue weighted by atomic mass is 10.2. The summed E-state index contributed by atoms with van der Waals surface area (Å²) in [5.74, 6) is 0.269. The molecule has 4 nitrogen and oxygen atoms in total. The number of sulfone groups is 1. The summed E-state index contributed by atoms with van der Waals surface area (Å²) in [6.07, 6.45) is 1.70. The van der Waals surface area contributed by atoms with Crippen molar-refractivity contribution < 1.29 is 8.42 Å². The molecule has 1 heterocycles. The lowest BCUT2D eigenvalue weighted by molar-refractivity contribution is 0.596. The molecule has 0 saturated heterocycles. The number of allylic oxidation sites excluding steroid dienone is 1. The first-order valence-corrected chi connectivity index (χ1v) is 8.16. The van der Waals surface area contributed by atoms with E-state index in [-0.39, 0.29) is 15.6 Å². The minimum Gasteiger partial charge on any atom is -0.384 e. The summed E-state index contributed by atoms with van der Waals surface area (Å²) in [6.45, 7) is 9.74. The lowest BCUT2D eigenvalue weighted by Crippen LogP contribution is -2.08. The molecule has 0 aliphatic carbocycles. The Morgan fingerprint density at radius 2 is 1.76 bits per heavy atom. The average molecular weight is 304 g/mol. The zero-order chi connectivity index (χ0) is 15.8. The number of aromatic nitrogens is 1. The average Bonchev–Trinajstić information content (AvgIpc) is 2.64. The number of benzene rings is 1. The summed E-state index contributed by atoms with van der Waals surface area (Å²) in [4.78, 5) is 0.462. The number of hydrogen-bond donors (Lipinski definition) is 1. The highest BCUT2D eigenvalue weighted by atomic mass is 32.2. The molecule has 0 bridgehead atoms. The van der Waals surface area contributed by atoms with Crippen molar-refractivity contribution in [3.63, 3.8) is 0 Å². The maximum Gasteiger partial charge on any atom is 0.210 e. The fraction of sp³-hybridized carbons (Fsp3) is 0.250. The number of nitrogens with two attached hydrogens (primary N) is 1. The van der Waals surface area contributed by atoms with E-state index in [0.717, 1.165) is 11.3 Å². The standard InChI is InChI=1S/C16H20N2O2S/c1-5-10-18-13(4)12(3)15(16(18)17)21(19,20)14-8-6-11(2)7-9-14/h5-9H,1,10,17H2,2-4H3. The molecule has 0 atom stereocenters. The van der Waals surface area contributed by atoms with Crippen LogP contribution in [-0.2, 0) is 16.4 Å². The molecule has 0 amide bonds. The maximum atomic E-state index is 12.8. The molecule has 0 aliphatic rings. The molecule has 0 fully saturated rings. The Hall–Kier alpha value is -2.01. The summed E-state index contributed by atoms with van der Waals surface area (Å²) in [6, 6.07) is 6.80. The van der Waals surface area contributed by atoms with E-state index in [1.165, 1.54) is 0 Å². The van der Waals surface area contributed by atoms with Gasteiger partial charge in [-0.3, -0.25) is 0 Å². The van der Waals surface area contributed by atoms with Crippen LogP contribution < -0.4 is 5.73 Å². The molecule has 2 aromatic rings. The van der Waals surface area contributed by atoms with Gasteiger partial charge in [-0.15, -0.1) is 6.58 Å². The van der Waals surface area contributed by atoms with Gasteiger partial charge in [0.2, 0.25) is 9.84 Å². The fourth-order valence-corrected chi connectivity index (χ4v) is 4.07. The van der Waals surface area contributed by atoms with Gasteiger partial charge in [-0.25, -0.2) is 8.42 Å². The third kappa shape index (κ3) is 2.49. The van der Waals surface area contributed by atoms with Crippen molar-refractivity contribution in [1.29, 1.82) is 0 Å². The van der Waals surface area contributed by atoms with Gasteiger partial charge >= 0.3 is 0 Å². The zero-order valence-corrected chi connectivity index (χ0v) is 13.4. The largest absolute Gasteiger partial charge is 0.384 e. The van der Waals surface area contributed by atoms with E-state index in [1.54, 1.807) is 41.8 Å². The van der Waals surface area contributed by atoms with Gasteiger partial charge in [0.1, 0.15) is 10.7 Å². The fourth-order valence-electron chi connectivity index (χ4n) is 2.40. The number of hydrogen-bond acceptors (Lipinski definition) is 3.